The van der Waals surface area contributed by atoms with Crippen molar-refractivity contribution in [2.75, 3.05) is 43.1 Å². The number of morpholine rings is 1. The zero-order valence-electron chi connectivity index (χ0n) is 19.9. The van der Waals surface area contributed by atoms with Crippen LogP contribution in [0.4, 0.5) is 11.4 Å². The third-order valence-corrected chi connectivity index (χ3v) is 6.21. The Hall–Kier alpha value is -4.32. The second-order valence-corrected chi connectivity index (χ2v) is 8.85. The number of allylic oxidation sites excluding steroid dienone is 1. The molecule has 2 N–H and O–H groups in total. The Morgan fingerprint density at radius 3 is 2.68 bits per heavy atom. The largest absolute Gasteiger partial charge is 0.484 e. The lowest BCUT2D eigenvalue weighted by Gasteiger charge is -2.29. The van der Waals surface area contributed by atoms with Gasteiger partial charge in [-0.15, -0.1) is 0 Å². The van der Waals surface area contributed by atoms with Gasteiger partial charge >= 0.3 is 0 Å². The van der Waals surface area contributed by atoms with Crippen molar-refractivity contribution in [1.29, 1.82) is 5.26 Å². The van der Waals surface area contributed by atoms with Gasteiger partial charge in [0, 0.05) is 18.8 Å². The van der Waals surface area contributed by atoms with Crippen molar-refractivity contribution in [2.45, 2.75) is 0 Å². The van der Waals surface area contributed by atoms with Gasteiger partial charge in [-0.3, -0.25) is 4.79 Å². The van der Waals surface area contributed by atoms with Gasteiger partial charge in [-0.05, 0) is 54.1 Å². The monoisotopic (exact) mass is 513 g/mol. The molecular weight excluding hydrogens is 490 g/mol. The number of benzene rings is 3. The van der Waals surface area contributed by atoms with Crippen LogP contribution in [-0.4, -0.2) is 48.8 Å². The number of anilines is 2. The number of imidazole rings is 1. The number of ether oxygens (including phenoxy) is 2. The summed E-state index contributed by atoms with van der Waals surface area (Å²) in [5, 5.41) is 13.0. The first-order valence-corrected chi connectivity index (χ1v) is 12.2. The zero-order valence-corrected chi connectivity index (χ0v) is 20.7. The van der Waals surface area contributed by atoms with Crippen molar-refractivity contribution >= 4 is 51.6 Å². The maximum Gasteiger partial charge on any atom is 0.262 e. The first-order valence-electron chi connectivity index (χ1n) is 11.8. The van der Waals surface area contributed by atoms with Gasteiger partial charge in [0.1, 0.15) is 17.6 Å². The zero-order chi connectivity index (χ0) is 25.6. The van der Waals surface area contributed by atoms with E-state index in [1.165, 1.54) is 0 Å². The standard InChI is InChI=1S/C28H24ClN5O3/c29-23-16-21(7-10-26(23)34-11-13-36-14-12-34)31-27(35)18-37-22-8-5-19(6-9-22)15-20(17-30)28-32-24-3-1-2-4-25(24)33-28/h1-10,15-16H,11-14,18H2,(H,31,35)(H,32,33)/b20-15+. The van der Waals surface area contributed by atoms with Crippen LogP contribution in [0.1, 0.15) is 11.4 Å². The third-order valence-electron chi connectivity index (χ3n) is 5.91. The quantitative estimate of drug-likeness (QED) is 0.332. The van der Waals surface area contributed by atoms with Crippen LogP contribution in [0, 0.1) is 11.3 Å². The Balaban J connectivity index is 1.17. The Labute approximate surface area is 219 Å². The van der Waals surface area contributed by atoms with Gasteiger partial charge in [0.25, 0.3) is 5.91 Å². The summed E-state index contributed by atoms with van der Waals surface area (Å²) in [5.41, 5.74) is 4.43. The first kappa shape index (κ1) is 24.4. The van der Waals surface area contributed by atoms with Crippen molar-refractivity contribution in [1.82, 2.24) is 9.97 Å². The minimum absolute atomic E-state index is 0.152. The summed E-state index contributed by atoms with van der Waals surface area (Å²) < 4.78 is 11.0. The molecule has 9 heteroatoms. The molecule has 0 bridgehead atoms. The number of nitrogens with zero attached hydrogens (tertiary/aromatic N) is 3. The average Bonchev–Trinajstić information content (AvgIpc) is 3.36. The highest BCUT2D eigenvalue weighted by atomic mass is 35.5. The van der Waals surface area contributed by atoms with Crippen molar-refractivity contribution < 1.29 is 14.3 Å². The van der Waals surface area contributed by atoms with E-state index in [2.05, 4.69) is 26.3 Å². The predicted octanol–water partition coefficient (Wildman–Crippen LogP) is 5.13. The molecule has 1 amide bonds. The molecule has 0 spiro atoms. The van der Waals surface area contributed by atoms with Crippen molar-refractivity contribution in [3.05, 3.63) is 83.1 Å². The predicted molar refractivity (Wildman–Crippen MR) is 145 cm³/mol. The molecule has 8 nitrogen and oxygen atoms in total. The summed E-state index contributed by atoms with van der Waals surface area (Å²) in [6, 6.07) is 22.4. The second-order valence-electron chi connectivity index (χ2n) is 8.44. The number of fused-ring (bicyclic) bond motifs is 1. The molecule has 1 aromatic heterocycles. The molecule has 1 fully saturated rings. The van der Waals surface area contributed by atoms with E-state index in [9.17, 15) is 10.1 Å². The molecule has 1 saturated heterocycles. The average molecular weight is 514 g/mol. The van der Waals surface area contributed by atoms with Gasteiger partial charge in [-0.25, -0.2) is 4.98 Å². The maximum absolute atomic E-state index is 12.4. The van der Waals surface area contributed by atoms with Gasteiger partial charge in [-0.1, -0.05) is 35.9 Å². The highest BCUT2D eigenvalue weighted by molar-refractivity contribution is 6.33. The van der Waals surface area contributed by atoms with E-state index in [1.54, 1.807) is 24.3 Å². The van der Waals surface area contributed by atoms with Crippen LogP contribution in [0.2, 0.25) is 5.02 Å². The summed E-state index contributed by atoms with van der Waals surface area (Å²) in [7, 11) is 0. The van der Waals surface area contributed by atoms with Crippen LogP contribution in [0.25, 0.3) is 22.7 Å². The molecule has 0 atom stereocenters. The number of H-pyrrole nitrogens is 1. The van der Waals surface area contributed by atoms with Gasteiger partial charge < -0.3 is 24.7 Å². The Bertz CT molecular complexity index is 1450. The molecule has 37 heavy (non-hydrogen) atoms. The lowest BCUT2D eigenvalue weighted by molar-refractivity contribution is -0.118. The molecule has 0 radical (unpaired) electrons. The lowest BCUT2D eigenvalue weighted by atomic mass is 10.1. The summed E-state index contributed by atoms with van der Waals surface area (Å²) in [5.74, 6) is 0.754. The van der Waals surface area contributed by atoms with E-state index in [0.29, 0.717) is 41.1 Å². The number of halogens is 1. The number of amides is 1. The van der Waals surface area contributed by atoms with Crippen LogP contribution in [-0.2, 0) is 9.53 Å². The molecule has 3 aromatic carbocycles. The SMILES string of the molecule is N#C/C(=C\c1ccc(OCC(=O)Nc2ccc(N3CCOCC3)c(Cl)c2)cc1)c1nc2ccccc2[nH]1. The van der Waals surface area contributed by atoms with E-state index in [-0.39, 0.29) is 12.5 Å². The number of aromatic nitrogens is 2. The number of rotatable bonds is 7. The molecule has 0 unspecified atom stereocenters. The number of nitriles is 1. The topological polar surface area (TPSA) is 103 Å². The highest BCUT2D eigenvalue weighted by Gasteiger charge is 2.15. The second kappa shape index (κ2) is 11.2. The Kier molecular flexibility index (Phi) is 7.36. The summed E-state index contributed by atoms with van der Waals surface area (Å²) in [6.45, 7) is 2.76. The van der Waals surface area contributed by atoms with Gasteiger partial charge in [0.05, 0.1) is 40.5 Å². The number of hydrogen-bond acceptors (Lipinski definition) is 6. The van der Waals surface area contributed by atoms with E-state index in [0.717, 1.165) is 35.4 Å². The Morgan fingerprint density at radius 2 is 1.95 bits per heavy atom. The van der Waals surface area contributed by atoms with Gasteiger partial charge in [-0.2, -0.15) is 5.26 Å². The van der Waals surface area contributed by atoms with E-state index in [4.69, 9.17) is 21.1 Å². The van der Waals surface area contributed by atoms with Crippen LogP contribution < -0.4 is 15.0 Å². The normalized spacial score (nSPS) is 13.8. The fourth-order valence-electron chi connectivity index (χ4n) is 4.05. The van der Waals surface area contributed by atoms with Crippen molar-refractivity contribution in [3.8, 4) is 11.8 Å². The van der Waals surface area contributed by atoms with E-state index < -0.39 is 0 Å². The van der Waals surface area contributed by atoms with Crippen LogP contribution in [0.15, 0.2) is 66.7 Å². The van der Waals surface area contributed by atoms with E-state index in [1.807, 2.05) is 48.5 Å². The fraction of sp³-hybridized carbons (Fsp3) is 0.179. The molecule has 4 aromatic rings. The number of nitrogens with one attached hydrogen (secondary N) is 2. The van der Waals surface area contributed by atoms with Crippen molar-refractivity contribution in [3.63, 3.8) is 0 Å². The number of carbonyl (C=O) groups excluding carboxylic acids is 1. The smallest absolute Gasteiger partial charge is 0.262 e. The van der Waals surface area contributed by atoms with Crippen LogP contribution in [0.3, 0.4) is 0 Å². The lowest BCUT2D eigenvalue weighted by Crippen LogP contribution is -2.36. The fourth-order valence-corrected chi connectivity index (χ4v) is 4.35. The van der Waals surface area contributed by atoms with Crippen LogP contribution in [0.5, 0.6) is 5.75 Å². The van der Waals surface area contributed by atoms with Crippen molar-refractivity contribution in [2.24, 2.45) is 0 Å². The number of carbonyl (C=O) groups is 1. The maximum atomic E-state index is 12.4. The minimum atomic E-state index is -0.296. The molecular formula is C28H24ClN5O3. The molecule has 1 aliphatic rings. The molecule has 1 aliphatic heterocycles. The Morgan fingerprint density at radius 1 is 1.16 bits per heavy atom. The molecule has 2 heterocycles. The van der Waals surface area contributed by atoms with Gasteiger partial charge in [0.2, 0.25) is 0 Å². The van der Waals surface area contributed by atoms with Crippen LogP contribution >= 0.6 is 11.6 Å². The number of aromatic amines is 1. The molecule has 5 rings (SSSR count). The summed E-state index contributed by atoms with van der Waals surface area (Å²) in [6.07, 6.45) is 1.75. The summed E-state index contributed by atoms with van der Waals surface area (Å²) >= 11 is 6.44. The molecule has 0 aliphatic carbocycles. The number of hydrogen-bond donors (Lipinski definition) is 2. The first-order chi connectivity index (χ1) is 18.1. The van der Waals surface area contributed by atoms with E-state index >= 15 is 0 Å². The number of para-hydroxylation sites is 2. The third kappa shape index (κ3) is 5.92. The highest BCUT2D eigenvalue weighted by Crippen LogP contribution is 2.29. The summed E-state index contributed by atoms with van der Waals surface area (Å²) in [4.78, 5) is 22.2. The van der Waals surface area contributed by atoms with Gasteiger partial charge in [0.15, 0.2) is 6.61 Å². The molecule has 186 valence electrons. The molecule has 0 saturated carbocycles. The minimum Gasteiger partial charge on any atom is -0.484 e.